The second kappa shape index (κ2) is 6.50. The maximum absolute atomic E-state index is 5.65. The summed E-state index contributed by atoms with van der Waals surface area (Å²) in [5, 5.41) is 0. The number of nitrogens with one attached hydrogen (secondary N) is 1. The largest absolute Gasteiger partial charge is 0.381 e. The van der Waals surface area contributed by atoms with E-state index in [4.69, 9.17) is 10.6 Å². The SMILES string of the molecule is CCc1ccc(CC(CC2CCOC2)NN)s1. The van der Waals surface area contributed by atoms with Crippen LogP contribution < -0.4 is 11.3 Å². The fraction of sp³-hybridized carbons (Fsp3) is 0.692. The van der Waals surface area contributed by atoms with E-state index in [1.54, 1.807) is 0 Å². The number of aryl methyl sites for hydroxylation is 1. The van der Waals surface area contributed by atoms with Gasteiger partial charge in [-0.25, -0.2) is 0 Å². The van der Waals surface area contributed by atoms with Gasteiger partial charge in [0.15, 0.2) is 0 Å². The Morgan fingerprint density at radius 3 is 2.94 bits per heavy atom. The van der Waals surface area contributed by atoms with Crippen molar-refractivity contribution in [3.63, 3.8) is 0 Å². The van der Waals surface area contributed by atoms with Crippen molar-refractivity contribution in [2.75, 3.05) is 13.2 Å². The maximum Gasteiger partial charge on any atom is 0.0495 e. The smallest absolute Gasteiger partial charge is 0.0495 e. The average Bonchev–Trinajstić information content (AvgIpc) is 2.99. The zero-order valence-electron chi connectivity index (χ0n) is 10.4. The van der Waals surface area contributed by atoms with E-state index < -0.39 is 0 Å². The van der Waals surface area contributed by atoms with Crippen LogP contribution in [0.4, 0.5) is 0 Å². The summed E-state index contributed by atoms with van der Waals surface area (Å²) < 4.78 is 5.41. The van der Waals surface area contributed by atoms with Crippen LogP contribution >= 0.6 is 11.3 Å². The van der Waals surface area contributed by atoms with Gasteiger partial charge in [0.2, 0.25) is 0 Å². The summed E-state index contributed by atoms with van der Waals surface area (Å²) >= 11 is 1.91. The van der Waals surface area contributed by atoms with E-state index in [9.17, 15) is 0 Å². The summed E-state index contributed by atoms with van der Waals surface area (Å²) in [4.78, 5) is 2.89. The molecular weight excluding hydrogens is 232 g/mol. The third-order valence-electron chi connectivity index (χ3n) is 3.39. The van der Waals surface area contributed by atoms with Gasteiger partial charge in [0, 0.05) is 29.0 Å². The zero-order chi connectivity index (χ0) is 12.1. The first kappa shape index (κ1) is 13.0. The Balaban J connectivity index is 1.85. The highest BCUT2D eigenvalue weighted by atomic mass is 32.1. The molecule has 0 aromatic carbocycles. The van der Waals surface area contributed by atoms with Crippen molar-refractivity contribution in [1.29, 1.82) is 0 Å². The van der Waals surface area contributed by atoms with Gasteiger partial charge in [-0.1, -0.05) is 6.92 Å². The van der Waals surface area contributed by atoms with Gasteiger partial charge in [-0.15, -0.1) is 11.3 Å². The molecule has 0 saturated carbocycles. The molecule has 0 aliphatic carbocycles. The van der Waals surface area contributed by atoms with E-state index in [-0.39, 0.29) is 0 Å². The molecule has 1 saturated heterocycles. The highest BCUT2D eigenvalue weighted by Gasteiger charge is 2.20. The van der Waals surface area contributed by atoms with Crippen molar-refractivity contribution in [3.05, 3.63) is 21.9 Å². The molecule has 0 amide bonds. The standard InChI is InChI=1S/C13H22N2OS/c1-2-12-3-4-13(17-12)8-11(15-14)7-10-5-6-16-9-10/h3-4,10-11,15H,2,5-9,14H2,1H3. The third kappa shape index (κ3) is 3.78. The van der Waals surface area contributed by atoms with Crippen molar-refractivity contribution in [2.45, 2.75) is 38.6 Å². The van der Waals surface area contributed by atoms with Gasteiger partial charge in [-0.3, -0.25) is 11.3 Å². The van der Waals surface area contributed by atoms with Crippen molar-refractivity contribution in [2.24, 2.45) is 11.8 Å². The molecule has 1 aliphatic rings. The monoisotopic (exact) mass is 254 g/mol. The van der Waals surface area contributed by atoms with E-state index >= 15 is 0 Å². The molecule has 1 aromatic heterocycles. The Hall–Kier alpha value is -0.420. The average molecular weight is 254 g/mol. The first-order valence-electron chi connectivity index (χ1n) is 6.43. The Bertz CT molecular complexity index is 334. The Kier molecular flexibility index (Phi) is 4.98. The number of hydrogen-bond acceptors (Lipinski definition) is 4. The molecule has 96 valence electrons. The van der Waals surface area contributed by atoms with Crippen LogP contribution in [0.25, 0.3) is 0 Å². The van der Waals surface area contributed by atoms with E-state index in [0.29, 0.717) is 12.0 Å². The van der Waals surface area contributed by atoms with Crippen LogP contribution in [0.1, 0.15) is 29.5 Å². The first-order valence-corrected chi connectivity index (χ1v) is 7.25. The van der Waals surface area contributed by atoms with Crippen LogP contribution in [0.3, 0.4) is 0 Å². The molecule has 3 N–H and O–H groups in total. The molecule has 1 aliphatic heterocycles. The molecular formula is C13H22N2OS. The summed E-state index contributed by atoms with van der Waals surface area (Å²) in [5.41, 5.74) is 2.96. The van der Waals surface area contributed by atoms with E-state index in [1.807, 2.05) is 11.3 Å². The molecule has 0 bridgehead atoms. The molecule has 1 fully saturated rings. The van der Waals surface area contributed by atoms with Gasteiger partial charge in [0.05, 0.1) is 0 Å². The van der Waals surface area contributed by atoms with Gasteiger partial charge in [0.1, 0.15) is 0 Å². The number of thiophene rings is 1. The maximum atomic E-state index is 5.65. The van der Waals surface area contributed by atoms with Crippen LogP contribution in [-0.4, -0.2) is 19.3 Å². The number of hydrogen-bond donors (Lipinski definition) is 2. The molecule has 0 spiro atoms. The second-order valence-electron chi connectivity index (χ2n) is 4.75. The van der Waals surface area contributed by atoms with Crippen LogP contribution in [0.2, 0.25) is 0 Å². The minimum atomic E-state index is 0.380. The second-order valence-corrected chi connectivity index (χ2v) is 6.01. The normalized spacial score (nSPS) is 21.9. The highest BCUT2D eigenvalue weighted by Crippen LogP contribution is 2.23. The lowest BCUT2D eigenvalue weighted by molar-refractivity contribution is 0.181. The number of nitrogens with two attached hydrogens (primary N) is 1. The van der Waals surface area contributed by atoms with Crippen LogP contribution in [-0.2, 0) is 17.6 Å². The summed E-state index contributed by atoms with van der Waals surface area (Å²) in [6.45, 7) is 4.02. The van der Waals surface area contributed by atoms with Gasteiger partial charge in [-0.05, 0) is 43.7 Å². The number of ether oxygens (including phenoxy) is 1. The number of hydrazine groups is 1. The molecule has 17 heavy (non-hydrogen) atoms. The lowest BCUT2D eigenvalue weighted by Gasteiger charge is -2.18. The van der Waals surface area contributed by atoms with Crippen LogP contribution in [0.5, 0.6) is 0 Å². The Morgan fingerprint density at radius 1 is 1.53 bits per heavy atom. The molecule has 2 unspecified atom stereocenters. The fourth-order valence-electron chi connectivity index (χ4n) is 2.35. The van der Waals surface area contributed by atoms with Crippen LogP contribution in [0, 0.1) is 5.92 Å². The Labute approximate surface area is 107 Å². The van der Waals surface area contributed by atoms with Crippen molar-refractivity contribution < 1.29 is 4.74 Å². The molecule has 2 rings (SSSR count). The summed E-state index contributed by atoms with van der Waals surface area (Å²) in [6, 6.07) is 4.84. The molecule has 2 heterocycles. The van der Waals surface area contributed by atoms with Crippen molar-refractivity contribution in [3.8, 4) is 0 Å². The minimum absolute atomic E-state index is 0.380. The van der Waals surface area contributed by atoms with Gasteiger partial charge in [-0.2, -0.15) is 0 Å². The van der Waals surface area contributed by atoms with E-state index in [2.05, 4.69) is 24.5 Å². The first-order chi connectivity index (χ1) is 8.31. The van der Waals surface area contributed by atoms with Crippen LogP contribution in [0.15, 0.2) is 12.1 Å². The molecule has 0 radical (unpaired) electrons. The summed E-state index contributed by atoms with van der Waals surface area (Å²) in [6.07, 6.45) is 4.47. The molecule has 2 atom stereocenters. The quantitative estimate of drug-likeness (QED) is 0.604. The zero-order valence-corrected chi connectivity index (χ0v) is 11.3. The highest BCUT2D eigenvalue weighted by molar-refractivity contribution is 7.11. The van der Waals surface area contributed by atoms with E-state index in [1.165, 1.54) is 16.2 Å². The lowest BCUT2D eigenvalue weighted by Crippen LogP contribution is -2.38. The molecule has 3 nitrogen and oxygen atoms in total. The summed E-state index contributed by atoms with van der Waals surface area (Å²) in [5.74, 6) is 6.33. The molecule has 1 aromatic rings. The van der Waals surface area contributed by atoms with E-state index in [0.717, 1.165) is 32.5 Å². The predicted octanol–water partition coefficient (Wildman–Crippen LogP) is 2.11. The van der Waals surface area contributed by atoms with Gasteiger partial charge >= 0.3 is 0 Å². The number of rotatable bonds is 6. The lowest BCUT2D eigenvalue weighted by atomic mass is 9.97. The topological polar surface area (TPSA) is 47.3 Å². The third-order valence-corrected chi connectivity index (χ3v) is 4.64. The summed E-state index contributed by atoms with van der Waals surface area (Å²) in [7, 11) is 0. The van der Waals surface area contributed by atoms with Gasteiger partial charge in [0.25, 0.3) is 0 Å². The Morgan fingerprint density at radius 2 is 2.35 bits per heavy atom. The fourth-order valence-corrected chi connectivity index (χ4v) is 3.38. The predicted molar refractivity (Wildman–Crippen MR) is 72.1 cm³/mol. The van der Waals surface area contributed by atoms with Crippen molar-refractivity contribution >= 4 is 11.3 Å². The van der Waals surface area contributed by atoms with Gasteiger partial charge < -0.3 is 4.74 Å². The van der Waals surface area contributed by atoms with Crippen molar-refractivity contribution in [1.82, 2.24) is 5.43 Å². The minimum Gasteiger partial charge on any atom is -0.381 e. The molecule has 4 heteroatoms.